The quantitative estimate of drug-likeness (QED) is 0.772. The second-order valence-electron chi connectivity index (χ2n) is 4.51. The Balaban J connectivity index is 1.84. The SMILES string of the molecule is Cc1ccc(Nc2nc(-c3ccc(F)cc3F)cs2)nc1. The highest BCUT2D eigenvalue weighted by atomic mass is 32.1. The highest BCUT2D eigenvalue weighted by Crippen LogP contribution is 2.28. The third kappa shape index (κ3) is 3.05. The van der Waals surface area contributed by atoms with E-state index in [4.69, 9.17) is 0 Å². The van der Waals surface area contributed by atoms with Crippen LogP contribution in [-0.2, 0) is 0 Å². The molecule has 2 heterocycles. The van der Waals surface area contributed by atoms with Gasteiger partial charge in [0, 0.05) is 23.2 Å². The van der Waals surface area contributed by atoms with Gasteiger partial charge in [-0.25, -0.2) is 18.7 Å². The zero-order valence-electron chi connectivity index (χ0n) is 11.1. The number of anilines is 2. The summed E-state index contributed by atoms with van der Waals surface area (Å²) in [5.41, 5.74) is 1.80. The molecule has 0 amide bonds. The van der Waals surface area contributed by atoms with Crippen molar-refractivity contribution in [2.45, 2.75) is 6.92 Å². The van der Waals surface area contributed by atoms with Crippen LogP contribution in [0, 0.1) is 18.6 Å². The zero-order valence-corrected chi connectivity index (χ0v) is 11.9. The third-order valence-corrected chi connectivity index (χ3v) is 3.62. The number of hydrogen-bond donors (Lipinski definition) is 1. The Morgan fingerprint density at radius 2 is 2.00 bits per heavy atom. The summed E-state index contributed by atoms with van der Waals surface area (Å²) in [5.74, 6) is -0.560. The van der Waals surface area contributed by atoms with E-state index in [0.717, 1.165) is 11.6 Å². The molecule has 106 valence electrons. The molecule has 21 heavy (non-hydrogen) atoms. The van der Waals surface area contributed by atoms with Crippen molar-refractivity contribution in [2.75, 3.05) is 5.32 Å². The van der Waals surface area contributed by atoms with Gasteiger partial charge in [0.05, 0.1) is 5.69 Å². The van der Waals surface area contributed by atoms with Crippen molar-refractivity contribution in [1.29, 1.82) is 0 Å². The second kappa shape index (κ2) is 5.57. The molecular formula is C15H11F2N3S. The number of benzene rings is 1. The van der Waals surface area contributed by atoms with Gasteiger partial charge in [-0.2, -0.15) is 0 Å². The van der Waals surface area contributed by atoms with Gasteiger partial charge in [-0.05, 0) is 30.7 Å². The van der Waals surface area contributed by atoms with Crippen LogP contribution >= 0.6 is 11.3 Å². The molecular weight excluding hydrogens is 292 g/mol. The van der Waals surface area contributed by atoms with Gasteiger partial charge in [-0.15, -0.1) is 11.3 Å². The van der Waals surface area contributed by atoms with E-state index in [9.17, 15) is 8.78 Å². The van der Waals surface area contributed by atoms with Crippen LogP contribution in [0.4, 0.5) is 19.7 Å². The Kier molecular flexibility index (Phi) is 3.62. The number of pyridine rings is 1. The first-order valence-corrected chi connectivity index (χ1v) is 7.10. The number of aromatic nitrogens is 2. The first-order valence-electron chi connectivity index (χ1n) is 6.22. The Morgan fingerprint density at radius 1 is 1.14 bits per heavy atom. The Labute approximate surface area is 124 Å². The normalized spacial score (nSPS) is 10.6. The van der Waals surface area contributed by atoms with Gasteiger partial charge in [0.2, 0.25) is 0 Å². The van der Waals surface area contributed by atoms with Gasteiger partial charge in [0.15, 0.2) is 5.13 Å². The van der Waals surface area contributed by atoms with Crippen LogP contribution in [0.2, 0.25) is 0 Å². The van der Waals surface area contributed by atoms with E-state index in [-0.39, 0.29) is 5.56 Å². The molecule has 3 rings (SSSR count). The summed E-state index contributed by atoms with van der Waals surface area (Å²) in [7, 11) is 0. The highest BCUT2D eigenvalue weighted by Gasteiger charge is 2.10. The van der Waals surface area contributed by atoms with Gasteiger partial charge in [-0.1, -0.05) is 6.07 Å². The van der Waals surface area contributed by atoms with Crippen molar-refractivity contribution in [3.05, 3.63) is 59.1 Å². The summed E-state index contributed by atoms with van der Waals surface area (Å²) in [6.07, 6.45) is 1.75. The molecule has 3 aromatic rings. The maximum atomic E-state index is 13.7. The molecule has 0 unspecified atom stereocenters. The predicted octanol–water partition coefficient (Wildman–Crippen LogP) is 4.54. The van der Waals surface area contributed by atoms with Crippen molar-refractivity contribution in [1.82, 2.24) is 9.97 Å². The molecule has 0 aliphatic rings. The van der Waals surface area contributed by atoms with Crippen LogP contribution < -0.4 is 5.32 Å². The van der Waals surface area contributed by atoms with E-state index in [1.807, 2.05) is 19.1 Å². The van der Waals surface area contributed by atoms with Crippen LogP contribution in [0.5, 0.6) is 0 Å². The summed E-state index contributed by atoms with van der Waals surface area (Å²) in [6.45, 7) is 1.95. The van der Waals surface area contributed by atoms with Gasteiger partial charge in [0.1, 0.15) is 17.5 Å². The minimum Gasteiger partial charge on any atom is -0.316 e. The minimum absolute atomic E-state index is 0.276. The van der Waals surface area contributed by atoms with E-state index in [1.165, 1.54) is 23.5 Å². The molecule has 0 fully saturated rings. The number of aryl methyl sites for hydroxylation is 1. The Hall–Kier alpha value is -2.34. The fourth-order valence-electron chi connectivity index (χ4n) is 1.80. The fraction of sp³-hybridized carbons (Fsp3) is 0.0667. The van der Waals surface area contributed by atoms with Crippen LogP contribution in [0.3, 0.4) is 0 Å². The molecule has 0 spiro atoms. The van der Waals surface area contributed by atoms with Crippen molar-refractivity contribution >= 4 is 22.3 Å². The maximum Gasteiger partial charge on any atom is 0.188 e. The topological polar surface area (TPSA) is 37.8 Å². The number of nitrogens with zero attached hydrogens (tertiary/aromatic N) is 2. The van der Waals surface area contributed by atoms with Gasteiger partial charge in [-0.3, -0.25) is 0 Å². The molecule has 6 heteroatoms. The Bertz CT molecular complexity index is 769. The lowest BCUT2D eigenvalue weighted by atomic mass is 10.1. The molecule has 0 saturated heterocycles. The number of halogens is 2. The maximum absolute atomic E-state index is 13.7. The molecule has 1 N–H and O–H groups in total. The lowest BCUT2D eigenvalue weighted by Gasteiger charge is -2.02. The van der Waals surface area contributed by atoms with Gasteiger partial charge >= 0.3 is 0 Å². The van der Waals surface area contributed by atoms with Crippen molar-refractivity contribution < 1.29 is 8.78 Å². The average molecular weight is 303 g/mol. The Morgan fingerprint density at radius 3 is 2.71 bits per heavy atom. The van der Waals surface area contributed by atoms with Crippen LogP contribution in [0.1, 0.15) is 5.56 Å². The minimum atomic E-state index is -0.625. The predicted molar refractivity (Wildman–Crippen MR) is 79.7 cm³/mol. The van der Waals surface area contributed by atoms with Crippen LogP contribution in [0.15, 0.2) is 41.9 Å². The first-order chi connectivity index (χ1) is 10.1. The van der Waals surface area contributed by atoms with E-state index in [0.29, 0.717) is 16.6 Å². The van der Waals surface area contributed by atoms with Gasteiger partial charge in [0.25, 0.3) is 0 Å². The summed E-state index contributed by atoms with van der Waals surface area (Å²) in [5, 5.41) is 5.37. The summed E-state index contributed by atoms with van der Waals surface area (Å²) >= 11 is 1.33. The van der Waals surface area contributed by atoms with E-state index >= 15 is 0 Å². The van der Waals surface area contributed by atoms with Crippen LogP contribution in [-0.4, -0.2) is 9.97 Å². The second-order valence-corrected chi connectivity index (χ2v) is 5.37. The molecule has 2 aromatic heterocycles. The van der Waals surface area contributed by atoms with Crippen molar-refractivity contribution in [2.24, 2.45) is 0 Å². The molecule has 0 bridgehead atoms. The number of thiazole rings is 1. The third-order valence-electron chi connectivity index (χ3n) is 2.86. The molecule has 1 aromatic carbocycles. The summed E-state index contributed by atoms with van der Waals surface area (Å²) in [6, 6.07) is 7.22. The van der Waals surface area contributed by atoms with E-state index in [1.54, 1.807) is 11.6 Å². The highest BCUT2D eigenvalue weighted by molar-refractivity contribution is 7.14. The molecule has 0 atom stereocenters. The molecule has 0 radical (unpaired) electrons. The largest absolute Gasteiger partial charge is 0.316 e. The fourth-order valence-corrected chi connectivity index (χ4v) is 2.52. The van der Waals surface area contributed by atoms with Gasteiger partial charge < -0.3 is 5.32 Å². The summed E-state index contributed by atoms with van der Waals surface area (Å²) in [4.78, 5) is 8.51. The lowest BCUT2D eigenvalue weighted by Crippen LogP contribution is -1.93. The summed E-state index contributed by atoms with van der Waals surface area (Å²) < 4.78 is 26.6. The molecule has 0 aliphatic carbocycles. The molecule has 0 saturated carbocycles. The lowest BCUT2D eigenvalue weighted by molar-refractivity contribution is 0.585. The monoisotopic (exact) mass is 303 g/mol. The van der Waals surface area contributed by atoms with E-state index < -0.39 is 11.6 Å². The van der Waals surface area contributed by atoms with Crippen LogP contribution in [0.25, 0.3) is 11.3 Å². The first kappa shape index (κ1) is 13.6. The number of rotatable bonds is 3. The van der Waals surface area contributed by atoms with E-state index in [2.05, 4.69) is 15.3 Å². The zero-order chi connectivity index (χ0) is 14.8. The number of nitrogens with one attached hydrogen (secondary N) is 1. The van der Waals surface area contributed by atoms with Crippen molar-refractivity contribution in [3.63, 3.8) is 0 Å². The molecule has 0 aliphatic heterocycles. The molecule has 3 nitrogen and oxygen atoms in total. The standard InChI is InChI=1S/C15H11F2N3S/c1-9-2-5-14(18-7-9)20-15-19-13(8-21-15)11-4-3-10(16)6-12(11)17/h2-8H,1H3,(H,18,19,20). The number of hydrogen-bond acceptors (Lipinski definition) is 4. The van der Waals surface area contributed by atoms with Crippen molar-refractivity contribution in [3.8, 4) is 11.3 Å². The smallest absolute Gasteiger partial charge is 0.188 e. The average Bonchev–Trinajstić information content (AvgIpc) is 2.90.